The van der Waals surface area contributed by atoms with Crippen LogP contribution in [0.1, 0.15) is 15.9 Å². The highest BCUT2D eigenvalue weighted by molar-refractivity contribution is 7.92. The number of hydrogen-bond acceptors (Lipinski definition) is 4. The molecule has 7 heteroatoms. The molecule has 0 bridgehead atoms. The SMILES string of the molecule is COC(=O)c1cc(F)cc(NS(=O)(=O)c2ccc(C)cc2)c1. The molecule has 0 amide bonds. The van der Waals surface area contributed by atoms with Crippen LogP contribution in [0.15, 0.2) is 47.4 Å². The molecule has 116 valence electrons. The van der Waals surface area contributed by atoms with E-state index in [2.05, 4.69) is 9.46 Å². The number of benzene rings is 2. The Morgan fingerprint density at radius 3 is 2.36 bits per heavy atom. The smallest absolute Gasteiger partial charge is 0.338 e. The van der Waals surface area contributed by atoms with Gasteiger partial charge in [0.15, 0.2) is 0 Å². The van der Waals surface area contributed by atoms with Gasteiger partial charge in [0, 0.05) is 0 Å². The van der Waals surface area contributed by atoms with E-state index in [-0.39, 0.29) is 16.1 Å². The Hall–Kier alpha value is -2.41. The van der Waals surface area contributed by atoms with Crippen LogP contribution in [0.2, 0.25) is 0 Å². The molecule has 2 rings (SSSR count). The van der Waals surface area contributed by atoms with Gasteiger partial charge in [-0.05, 0) is 37.3 Å². The Bertz CT molecular complexity index is 801. The van der Waals surface area contributed by atoms with Crippen molar-refractivity contribution in [1.29, 1.82) is 0 Å². The minimum absolute atomic E-state index is 0.0435. The molecule has 0 fully saturated rings. The standard InChI is InChI=1S/C15H14FNO4S/c1-10-3-5-14(6-4-10)22(19,20)17-13-8-11(15(18)21-2)7-12(16)9-13/h3-9,17H,1-2H3. The second kappa shape index (κ2) is 6.15. The normalized spacial score (nSPS) is 11.0. The lowest BCUT2D eigenvalue weighted by Gasteiger charge is -2.10. The lowest BCUT2D eigenvalue weighted by Crippen LogP contribution is -2.14. The van der Waals surface area contributed by atoms with Gasteiger partial charge in [-0.25, -0.2) is 17.6 Å². The van der Waals surface area contributed by atoms with Gasteiger partial charge < -0.3 is 4.74 Å². The first kappa shape index (κ1) is 16.0. The molecule has 0 aromatic heterocycles. The van der Waals surface area contributed by atoms with Crippen molar-refractivity contribution in [1.82, 2.24) is 0 Å². The second-order valence-electron chi connectivity index (χ2n) is 4.64. The van der Waals surface area contributed by atoms with Crippen LogP contribution in [0.25, 0.3) is 0 Å². The summed E-state index contributed by atoms with van der Waals surface area (Å²) in [6.07, 6.45) is 0. The maximum Gasteiger partial charge on any atom is 0.338 e. The highest BCUT2D eigenvalue weighted by atomic mass is 32.2. The van der Waals surface area contributed by atoms with Crippen LogP contribution in [0.5, 0.6) is 0 Å². The van der Waals surface area contributed by atoms with E-state index in [1.807, 2.05) is 6.92 Å². The highest BCUT2D eigenvalue weighted by Crippen LogP contribution is 2.19. The van der Waals surface area contributed by atoms with Crippen LogP contribution in [-0.2, 0) is 14.8 Å². The zero-order valence-electron chi connectivity index (χ0n) is 12.0. The number of sulfonamides is 1. The summed E-state index contributed by atoms with van der Waals surface area (Å²) in [5.41, 5.74) is 0.780. The Balaban J connectivity index is 2.35. The van der Waals surface area contributed by atoms with Crippen molar-refractivity contribution in [3.63, 3.8) is 0 Å². The number of aryl methyl sites for hydroxylation is 1. The number of hydrogen-bond donors (Lipinski definition) is 1. The Morgan fingerprint density at radius 2 is 1.77 bits per heavy atom. The van der Waals surface area contributed by atoms with E-state index in [4.69, 9.17) is 0 Å². The van der Waals surface area contributed by atoms with Crippen LogP contribution in [0, 0.1) is 12.7 Å². The van der Waals surface area contributed by atoms with Crippen LogP contribution < -0.4 is 4.72 Å². The summed E-state index contributed by atoms with van der Waals surface area (Å²) in [5.74, 6) is -1.50. The fourth-order valence-electron chi connectivity index (χ4n) is 1.82. The van der Waals surface area contributed by atoms with E-state index < -0.39 is 21.8 Å². The van der Waals surface area contributed by atoms with Gasteiger partial charge in [-0.15, -0.1) is 0 Å². The molecule has 0 unspecified atom stereocenters. The number of methoxy groups -OCH3 is 1. The lowest BCUT2D eigenvalue weighted by molar-refractivity contribution is 0.0600. The first-order valence-corrected chi connectivity index (χ1v) is 7.78. The second-order valence-corrected chi connectivity index (χ2v) is 6.32. The zero-order chi connectivity index (χ0) is 16.3. The molecule has 0 heterocycles. The van der Waals surface area contributed by atoms with Crippen molar-refractivity contribution in [2.45, 2.75) is 11.8 Å². The third-order valence-corrected chi connectivity index (χ3v) is 4.30. The number of ether oxygens (including phenoxy) is 1. The minimum Gasteiger partial charge on any atom is -0.465 e. The van der Waals surface area contributed by atoms with E-state index in [1.54, 1.807) is 12.1 Å². The molecule has 0 aliphatic rings. The first-order chi connectivity index (χ1) is 10.3. The number of esters is 1. The molecular weight excluding hydrogens is 309 g/mol. The third-order valence-electron chi connectivity index (χ3n) is 2.90. The number of rotatable bonds is 4. The largest absolute Gasteiger partial charge is 0.465 e. The molecular formula is C15H14FNO4S. The fraction of sp³-hybridized carbons (Fsp3) is 0.133. The molecule has 0 radical (unpaired) electrons. The predicted molar refractivity (Wildman–Crippen MR) is 79.7 cm³/mol. The molecule has 0 saturated heterocycles. The number of anilines is 1. The van der Waals surface area contributed by atoms with Crippen molar-refractivity contribution >= 4 is 21.7 Å². The molecule has 0 spiro atoms. The van der Waals surface area contributed by atoms with Gasteiger partial charge in [0.25, 0.3) is 10.0 Å². The van der Waals surface area contributed by atoms with Crippen LogP contribution >= 0.6 is 0 Å². The van der Waals surface area contributed by atoms with Gasteiger partial charge in [-0.3, -0.25) is 4.72 Å². The number of carbonyl (C=O) groups excluding carboxylic acids is 1. The van der Waals surface area contributed by atoms with Crippen molar-refractivity contribution in [2.24, 2.45) is 0 Å². The highest BCUT2D eigenvalue weighted by Gasteiger charge is 2.16. The van der Waals surface area contributed by atoms with E-state index in [0.29, 0.717) is 0 Å². The number of nitrogens with one attached hydrogen (secondary N) is 1. The topological polar surface area (TPSA) is 72.5 Å². The van der Waals surface area contributed by atoms with Crippen LogP contribution in [-0.4, -0.2) is 21.5 Å². The van der Waals surface area contributed by atoms with Crippen molar-refractivity contribution < 1.29 is 22.3 Å². The van der Waals surface area contributed by atoms with Crippen molar-refractivity contribution in [3.8, 4) is 0 Å². The van der Waals surface area contributed by atoms with E-state index in [1.165, 1.54) is 18.2 Å². The molecule has 22 heavy (non-hydrogen) atoms. The molecule has 2 aromatic rings. The minimum atomic E-state index is -3.86. The fourth-order valence-corrected chi connectivity index (χ4v) is 2.86. The van der Waals surface area contributed by atoms with Crippen LogP contribution in [0.3, 0.4) is 0 Å². The van der Waals surface area contributed by atoms with E-state index >= 15 is 0 Å². The molecule has 5 nitrogen and oxygen atoms in total. The van der Waals surface area contributed by atoms with Crippen molar-refractivity contribution in [3.05, 3.63) is 59.4 Å². The molecule has 1 N–H and O–H groups in total. The summed E-state index contributed by atoms with van der Waals surface area (Å²) in [5, 5.41) is 0. The van der Waals surface area contributed by atoms with E-state index in [0.717, 1.165) is 24.8 Å². The average molecular weight is 323 g/mol. The van der Waals surface area contributed by atoms with Gasteiger partial charge in [-0.2, -0.15) is 0 Å². The van der Waals surface area contributed by atoms with Gasteiger partial charge >= 0.3 is 5.97 Å². The number of halogens is 1. The summed E-state index contributed by atoms with van der Waals surface area (Å²) in [4.78, 5) is 11.5. The Labute approximate surface area is 127 Å². The Kier molecular flexibility index (Phi) is 4.46. The maximum absolute atomic E-state index is 13.5. The van der Waals surface area contributed by atoms with Gasteiger partial charge in [0.05, 0.1) is 23.3 Å². The molecule has 2 aromatic carbocycles. The third kappa shape index (κ3) is 3.62. The van der Waals surface area contributed by atoms with Gasteiger partial charge in [0.2, 0.25) is 0 Å². The lowest BCUT2D eigenvalue weighted by atomic mass is 10.2. The quantitative estimate of drug-likeness (QED) is 0.878. The predicted octanol–water partition coefficient (Wildman–Crippen LogP) is 2.72. The molecule has 0 aliphatic heterocycles. The van der Waals surface area contributed by atoms with E-state index in [9.17, 15) is 17.6 Å². The summed E-state index contributed by atoms with van der Waals surface area (Å²) in [6, 6.07) is 9.35. The zero-order valence-corrected chi connectivity index (χ0v) is 12.8. The average Bonchev–Trinajstić information content (AvgIpc) is 2.45. The molecule has 0 aliphatic carbocycles. The van der Waals surface area contributed by atoms with Crippen molar-refractivity contribution in [2.75, 3.05) is 11.8 Å². The summed E-state index contributed by atoms with van der Waals surface area (Å²) in [6.45, 7) is 1.83. The Morgan fingerprint density at radius 1 is 1.14 bits per heavy atom. The molecule has 0 atom stereocenters. The maximum atomic E-state index is 13.5. The summed E-state index contributed by atoms with van der Waals surface area (Å²) in [7, 11) is -2.71. The number of carbonyl (C=O) groups is 1. The summed E-state index contributed by atoms with van der Waals surface area (Å²) >= 11 is 0. The molecule has 0 saturated carbocycles. The first-order valence-electron chi connectivity index (χ1n) is 6.30. The van der Waals surface area contributed by atoms with Gasteiger partial charge in [-0.1, -0.05) is 17.7 Å². The summed E-state index contributed by atoms with van der Waals surface area (Å²) < 4.78 is 44.7. The monoisotopic (exact) mass is 323 g/mol. The van der Waals surface area contributed by atoms with Gasteiger partial charge in [0.1, 0.15) is 5.82 Å². The van der Waals surface area contributed by atoms with Crippen LogP contribution in [0.4, 0.5) is 10.1 Å².